The molecule has 0 atom stereocenters. The highest BCUT2D eigenvalue weighted by Crippen LogP contribution is 2.13. The SMILES string of the molecule is COCCOCCOCCOCCc1ccc(S(=O)(=O)OC)cc1. The molecule has 1 rings (SSSR count). The first-order valence-electron chi connectivity index (χ1n) is 7.72. The van der Waals surface area contributed by atoms with Gasteiger partial charge in [0.25, 0.3) is 10.1 Å². The van der Waals surface area contributed by atoms with Gasteiger partial charge in [-0.3, -0.25) is 4.18 Å². The molecule has 0 aliphatic heterocycles. The molecule has 1 aromatic rings. The van der Waals surface area contributed by atoms with Crippen molar-refractivity contribution in [2.24, 2.45) is 0 Å². The van der Waals surface area contributed by atoms with Gasteiger partial charge < -0.3 is 18.9 Å². The minimum absolute atomic E-state index is 0.149. The second-order valence-corrected chi connectivity index (χ2v) is 6.56. The fraction of sp³-hybridized carbons (Fsp3) is 0.625. The van der Waals surface area contributed by atoms with E-state index in [2.05, 4.69) is 4.18 Å². The Balaban J connectivity index is 2.05. The third-order valence-electron chi connectivity index (χ3n) is 3.14. The summed E-state index contributed by atoms with van der Waals surface area (Å²) in [5.74, 6) is 0. The smallest absolute Gasteiger partial charge is 0.296 e. The Morgan fingerprint density at radius 3 is 1.75 bits per heavy atom. The average Bonchev–Trinajstić information content (AvgIpc) is 2.60. The predicted molar refractivity (Wildman–Crippen MR) is 88.7 cm³/mol. The zero-order valence-electron chi connectivity index (χ0n) is 14.2. The van der Waals surface area contributed by atoms with Gasteiger partial charge in [-0.1, -0.05) is 12.1 Å². The summed E-state index contributed by atoms with van der Waals surface area (Å²) < 4.78 is 48.4. The minimum atomic E-state index is -3.63. The standard InChI is InChI=1S/C16H26O7S/c1-19-9-10-22-13-14-23-12-11-21-8-7-15-3-5-16(6-4-15)24(17,18)20-2/h3-6H,7-14H2,1-2H3. The predicted octanol–water partition coefficient (Wildman–Crippen LogP) is 1.26. The third kappa shape index (κ3) is 8.72. The molecule has 0 aliphatic rings. The van der Waals surface area contributed by atoms with E-state index in [0.717, 1.165) is 12.7 Å². The van der Waals surface area contributed by atoms with Crippen molar-refractivity contribution in [3.05, 3.63) is 29.8 Å². The Kier molecular flexibility index (Phi) is 10.8. The van der Waals surface area contributed by atoms with Crippen LogP contribution in [0.25, 0.3) is 0 Å². The summed E-state index contributed by atoms with van der Waals surface area (Å²) in [6.07, 6.45) is 0.702. The van der Waals surface area contributed by atoms with E-state index in [1.54, 1.807) is 19.2 Å². The van der Waals surface area contributed by atoms with Gasteiger partial charge in [-0.25, -0.2) is 0 Å². The summed E-state index contributed by atoms with van der Waals surface area (Å²) in [7, 11) is -0.850. The van der Waals surface area contributed by atoms with E-state index >= 15 is 0 Å². The molecule has 0 N–H and O–H groups in total. The number of hydrogen-bond acceptors (Lipinski definition) is 7. The highest BCUT2D eigenvalue weighted by atomic mass is 32.2. The van der Waals surface area contributed by atoms with E-state index < -0.39 is 10.1 Å². The van der Waals surface area contributed by atoms with Crippen molar-refractivity contribution < 1.29 is 31.5 Å². The Morgan fingerprint density at radius 2 is 1.25 bits per heavy atom. The highest BCUT2D eigenvalue weighted by Gasteiger charge is 2.11. The molecule has 0 amide bonds. The first-order valence-corrected chi connectivity index (χ1v) is 9.12. The number of ether oxygens (including phenoxy) is 4. The summed E-state index contributed by atoms with van der Waals surface area (Å²) in [6, 6.07) is 6.56. The van der Waals surface area contributed by atoms with Crippen LogP contribution >= 0.6 is 0 Å². The molecule has 138 valence electrons. The number of rotatable bonds is 14. The van der Waals surface area contributed by atoms with Gasteiger partial charge in [0.2, 0.25) is 0 Å². The zero-order chi connectivity index (χ0) is 17.7. The van der Waals surface area contributed by atoms with Crippen molar-refractivity contribution in [2.75, 3.05) is 60.5 Å². The lowest BCUT2D eigenvalue weighted by Crippen LogP contribution is -2.12. The largest absolute Gasteiger partial charge is 0.382 e. The van der Waals surface area contributed by atoms with Gasteiger partial charge in [0, 0.05) is 7.11 Å². The monoisotopic (exact) mass is 362 g/mol. The van der Waals surface area contributed by atoms with Crippen molar-refractivity contribution in [2.45, 2.75) is 11.3 Å². The molecule has 0 heterocycles. The van der Waals surface area contributed by atoms with E-state index in [-0.39, 0.29) is 4.90 Å². The van der Waals surface area contributed by atoms with Crippen LogP contribution in [0.4, 0.5) is 0 Å². The second kappa shape index (κ2) is 12.3. The minimum Gasteiger partial charge on any atom is -0.382 e. The molecule has 0 radical (unpaired) electrons. The molecule has 0 fully saturated rings. The first kappa shape index (κ1) is 21.0. The normalized spacial score (nSPS) is 11.8. The van der Waals surface area contributed by atoms with Crippen LogP contribution in [0, 0.1) is 0 Å². The Morgan fingerprint density at radius 1 is 0.750 bits per heavy atom. The third-order valence-corrected chi connectivity index (χ3v) is 4.43. The summed E-state index contributed by atoms with van der Waals surface area (Å²) in [5.41, 5.74) is 0.998. The van der Waals surface area contributed by atoms with Crippen LogP contribution < -0.4 is 0 Å². The number of methoxy groups -OCH3 is 1. The highest BCUT2D eigenvalue weighted by molar-refractivity contribution is 7.86. The lowest BCUT2D eigenvalue weighted by Gasteiger charge is -2.07. The fourth-order valence-corrected chi connectivity index (χ4v) is 2.46. The van der Waals surface area contributed by atoms with Crippen LogP contribution in [0.3, 0.4) is 0 Å². The number of benzene rings is 1. The summed E-state index contributed by atoms with van der Waals surface area (Å²) in [5, 5.41) is 0. The van der Waals surface area contributed by atoms with Crippen LogP contribution in [-0.4, -0.2) is 68.9 Å². The van der Waals surface area contributed by atoms with E-state index in [9.17, 15) is 8.42 Å². The van der Waals surface area contributed by atoms with E-state index in [0.29, 0.717) is 52.7 Å². The van der Waals surface area contributed by atoms with Gasteiger partial charge in [0.1, 0.15) is 0 Å². The summed E-state index contributed by atoms with van der Waals surface area (Å²) in [6.45, 7) is 3.79. The molecular formula is C16H26O7S. The van der Waals surface area contributed by atoms with Gasteiger partial charge in [0.15, 0.2) is 0 Å². The molecule has 0 saturated carbocycles. The molecule has 24 heavy (non-hydrogen) atoms. The van der Waals surface area contributed by atoms with Gasteiger partial charge in [0.05, 0.1) is 58.3 Å². The second-order valence-electron chi connectivity index (χ2n) is 4.84. The average molecular weight is 362 g/mol. The molecule has 0 aromatic heterocycles. The molecule has 0 spiro atoms. The molecule has 0 unspecified atom stereocenters. The van der Waals surface area contributed by atoms with Crippen LogP contribution in [0.5, 0.6) is 0 Å². The maximum atomic E-state index is 11.5. The van der Waals surface area contributed by atoms with Crippen LogP contribution in [0.15, 0.2) is 29.2 Å². The molecule has 7 nitrogen and oxygen atoms in total. The topological polar surface area (TPSA) is 80.3 Å². The van der Waals surface area contributed by atoms with Crippen molar-refractivity contribution >= 4 is 10.1 Å². The van der Waals surface area contributed by atoms with Crippen LogP contribution in [-0.2, 0) is 39.7 Å². The van der Waals surface area contributed by atoms with Crippen molar-refractivity contribution in [3.63, 3.8) is 0 Å². The quantitative estimate of drug-likeness (QED) is 0.364. The number of hydrogen-bond donors (Lipinski definition) is 0. The molecule has 0 bridgehead atoms. The lowest BCUT2D eigenvalue weighted by molar-refractivity contribution is 0.00406. The van der Waals surface area contributed by atoms with Crippen molar-refractivity contribution in [1.82, 2.24) is 0 Å². The lowest BCUT2D eigenvalue weighted by atomic mass is 10.2. The van der Waals surface area contributed by atoms with E-state index in [1.807, 2.05) is 0 Å². The first-order chi connectivity index (χ1) is 11.6. The van der Waals surface area contributed by atoms with Gasteiger partial charge >= 0.3 is 0 Å². The van der Waals surface area contributed by atoms with Gasteiger partial charge in [-0.05, 0) is 24.1 Å². The van der Waals surface area contributed by atoms with Crippen molar-refractivity contribution in [1.29, 1.82) is 0 Å². The molecule has 8 heteroatoms. The fourth-order valence-electron chi connectivity index (χ4n) is 1.79. The maximum Gasteiger partial charge on any atom is 0.296 e. The molecule has 0 saturated heterocycles. The van der Waals surface area contributed by atoms with Crippen molar-refractivity contribution in [3.8, 4) is 0 Å². The summed E-state index contributed by atoms with van der Waals surface area (Å²) in [4.78, 5) is 0.149. The van der Waals surface area contributed by atoms with E-state index in [1.165, 1.54) is 12.1 Å². The zero-order valence-corrected chi connectivity index (χ0v) is 15.0. The Labute approximate surface area is 143 Å². The molecule has 1 aromatic carbocycles. The maximum absolute atomic E-state index is 11.5. The van der Waals surface area contributed by atoms with Gasteiger partial charge in [-0.15, -0.1) is 0 Å². The van der Waals surface area contributed by atoms with Crippen LogP contribution in [0.1, 0.15) is 5.56 Å². The van der Waals surface area contributed by atoms with Gasteiger partial charge in [-0.2, -0.15) is 8.42 Å². The Hall–Kier alpha value is -1.03. The molecule has 0 aliphatic carbocycles. The molecular weight excluding hydrogens is 336 g/mol. The van der Waals surface area contributed by atoms with E-state index in [4.69, 9.17) is 18.9 Å². The Bertz CT molecular complexity index is 528. The van der Waals surface area contributed by atoms with Crippen LogP contribution in [0.2, 0.25) is 0 Å². The summed E-state index contributed by atoms with van der Waals surface area (Å²) >= 11 is 0.